The van der Waals surface area contributed by atoms with E-state index in [1.165, 1.54) is 6.07 Å². The van der Waals surface area contributed by atoms with E-state index in [9.17, 15) is 4.39 Å². The third kappa shape index (κ3) is 2.96. The maximum atomic E-state index is 13.4. The van der Waals surface area contributed by atoms with E-state index in [2.05, 4.69) is 21.2 Å². The van der Waals surface area contributed by atoms with Crippen molar-refractivity contribution in [2.75, 3.05) is 25.3 Å². The van der Waals surface area contributed by atoms with Crippen molar-refractivity contribution in [3.05, 3.63) is 40.6 Å². The highest BCUT2D eigenvalue weighted by molar-refractivity contribution is 9.10. The lowest BCUT2D eigenvalue weighted by atomic mass is 10.2. The standard InChI is InChI=1S/C14H14BrFN2O2/c1-19-8-3-4-14(20-2)13(5-8)18-12-6-9(15)10(16)7-11(12)17/h3-7,18H,17H2,1-2H3. The van der Waals surface area contributed by atoms with Crippen LogP contribution in [0.15, 0.2) is 34.8 Å². The zero-order valence-corrected chi connectivity index (χ0v) is 12.6. The largest absolute Gasteiger partial charge is 0.497 e. The molecule has 106 valence electrons. The molecule has 20 heavy (non-hydrogen) atoms. The maximum Gasteiger partial charge on any atom is 0.142 e. The van der Waals surface area contributed by atoms with Crippen molar-refractivity contribution in [2.24, 2.45) is 0 Å². The Labute approximate surface area is 124 Å². The zero-order valence-electron chi connectivity index (χ0n) is 11.0. The van der Waals surface area contributed by atoms with Gasteiger partial charge in [0.15, 0.2) is 0 Å². The molecule has 0 saturated heterocycles. The van der Waals surface area contributed by atoms with Crippen LogP contribution in [0.4, 0.5) is 21.5 Å². The summed E-state index contributed by atoms with van der Waals surface area (Å²) in [5.74, 6) is 0.893. The van der Waals surface area contributed by atoms with Crippen LogP contribution in [0.25, 0.3) is 0 Å². The first-order chi connectivity index (χ1) is 9.55. The molecular formula is C14H14BrFN2O2. The number of nitrogens with one attached hydrogen (secondary N) is 1. The third-order valence-electron chi connectivity index (χ3n) is 2.77. The van der Waals surface area contributed by atoms with Crippen molar-refractivity contribution in [3.63, 3.8) is 0 Å². The average Bonchev–Trinajstić information content (AvgIpc) is 2.44. The van der Waals surface area contributed by atoms with E-state index in [0.29, 0.717) is 33.0 Å². The van der Waals surface area contributed by atoms with Gasteiger partial charge in [-0.05, 0) is 34.1 Å². The van der Waals surface area contributed by atoms with Crippen LogP contribution in [0.5, 0.6) is 11.5 Å². The number of benzene rings is 2. The summed E-state index contributed by atoms with van der Waals surface area (Å²) in [5, 5.41) is 3.11. The van der Waals surface area contributed by atoms with Gasteiger partial charge in [0.1, 0.15) is 17.3 Å². The molecule has 0 heterocycles. The van der Waals surface area contributed by atoms with E-state index < -0.39 is 5.82 Å². The number of rotatable bonds is 4. The molecule has 0 aliphatic rings. The lowest BCUT2D eigenvalue weighted by Crippen LogP contribution is -2.00. The van der Waals surface area contributed by atoms with Crippen LogP contribution in [0.3, 0.4) is 0 Å². The highest BCUT2D eigenvalue weighted by Crippen LogP contribution is 2.35. The molecule has 0 fully saturated rings. The molecule has 6 heteroatoms. The highest BCUT2D eigenvalue weighted by Gasteiger charge is 2.10. The topological polar surface area (TPSA) is 56.5 Å². The second kappa shape index (κ2) is 6.00. The van der Waals surface area contributed by atoms with Gasteiger partial charge in [-0.25, -0.2) is 4.39 Å². The summed E-state index contributed by atoms with van der Waals surface area (Å²) in [6, 6.07) is 8.15. The van der Waals surface area contributed by atoms with Crippen molar-refractivity contribution in [3.8, 4) is 11.5 Å². The quantitative estimate of drug-likeness (QED) is 0.828. The molecular weight excluding hydrogens is 327 g/mol. The van der Waals surface area contributed by atoms with Crippen LogP contribution in [0.2, 0.25) is 0 Å². The lowest BCUT2D eigenvalue weighted by molar-refractivity contribution is 0.405. The molecule has 2 rings (SSSR count). The summed E-state index contributed by atoms with van der Waals surface area (Å²) in [5.41, 5.74) is 7.36. The Morgan fingerprint density at radius 2 is 1.85 bits per heavy atom. The molecule has 0 saturated carbocycles. The third-order valence-corrected chi connectivity index (χ3v) is 3.38. The molecule has 3 N–H and O–H groups in total. The Morgan fingerprint density at radius 3 is 2.50 bits per heavy atom. The molecule has 0 unspecified atom stereocenters. The number of methoxy groups -OCH3 is 2. The van der Waals surface area contributed by atoms with Crippen molar-refractivity contribution >= 4 is 33.0 Å². The minimum Gasteiger partial charge on any atom is -0.497 e. The van der Waals surface area contributed by atoms with Crippen molar-refractivity contribution in [1.29, 1.82) is 0 Å². The van der Waals surface area contributed by atoms with E-state index in [1.54, 1.807) is 38.5 Å². The molecule has 0 radical (unpaired) electrons. The Morgan fingerprint density at radius 1 is 1.10 bits per heavy atom. The van der Waals surface area contributed by atoms with Gasteiger partial charge < -0.3 is 20.5 Å². The van der Waals surface area contributed by atoms with E-state index in [0.717, 1.165) is 0 Å². The number of nitrogens with two attached hydrogens (primary N) is 1. The molecule has 2 aromatic carbocycles. The number of ether oxygens (including phenoxy) is 2. The average molecular weight is 341 g/mol. The van der Waals surface area contributed by atoms with Crippen LogP contribution in [0.1, 0.15) is 0 Å². The summed E-state index contributed by atoms with van der Waals surface area (Å²) < 4.78 is 24.1. The fourth-order valence-corrected chi connectivity index (χ4v) is 2.07. The summed E-state index contributed by atoms with van der Waals surface area (Å²) in [6.07, 6.45) is 0. The van der Waals surface area contributed by atoms with Gasteiger partial charge in [-0.15, -0.1) is 0 Å². The number of halogens is 2. The monoisotopic (exact) mass is 340 g/mol. The summed E-state index contributed by atoms with van der Waals surface area (Å²) in [6.45, 7) is 0. The second-order valence-corrected chi connectivity index (χ2v) is 4.90. The minimum atomic E-state index is -0.411. The fraction of sp³-hybridized carbons (Fsp3) is 0.143. The Kier molecular flexibility index (Phi) is 4.34. The van der Waals surface area contributed by atoms with Gasteiger partial charge >= 0.3 is 0 Å². The first kappa shape index (κ1) is 14.5. The predicted octanol–water partition coefficient (Wildman–Crippen LogP) is 3.93. The van der Waals surface area contributed by atoms with Gasteiger partial charge in [0.25, 0.3) is 0 Å². The number of nitrogen functional groups attached to an aromatic ring is 1. The SMILES string of the molecule is COc1ccc(OC)c(Nc2cc(Br)c(F)cc2N)c1. The second-order valence-electron chi connectivity index (χ2n) is 4.04. The van der Waals surface area contributed by atoms with Crippen LogP contribution >= 0.6 is 15.9 Å². The normalized spacial score (nSPS) is 10.2. The molecule has 0 atom stereocenters. The van der Waals surface area contributed by atoms with Gasteiger partial charge in [-0.1, -0.05) is 0 Å². The molecule has 0 aromatic heterocycles. The maximum absolute atomic E-state index is 13.4. The molecule has 4 nitrogen and oxygen atoms in total. The molecule has 0 spiro atoms. The van der Waals surface area contributed by atoms with E-state index in [1.807, 2.05) is 0 Å². The fourth-order valence-electron chi connectivity index (χ4n) is 1.73. The Hall–Kier alpha value is -1.95. The van der Waals surface area contributed by atoms with E-state index >= 15 is 0 Å². The number of anilines is 3. The molecule has 0 aliphatic carbocycles. The molecule has 0 amide bonds. The van der Waals surface area contributed by atoms with Gasteiger partial charge in [-0.2, -0.15) is 0 Å². The van der Waals surface area contributed by atoms with Gasteiger partial charge in [0.05, 0.1) is 35.8 Å². The smallest absolute Gasteiger partial charge is 0.142 e. The Balaban J connectivity index is 2.41. The van der Waals surface area contributed by atoms with Crippen molar-refractivity contribution in [1.82, 2.24) is 0 Å². The molecule has 2 aromatic rings. The molecule has 0 aliphatic heterocycles. The van der Waals surface area contributed by atoms with Crippen molar-refractivity contribution in [2.45, 2.75) is 0 Å². The summed E-state index contributed by atoms with van der Waals surface area (Å²) in [4.78, 5) is 0. The number of hydrogen-bond donors (Lipinski definition) is 2. The Bertz CT molecular complexity index is 635. The van der Waals surface area contributed by atoms with Crippen LogP contribution in [-0.2, 0) is 0 Å². The van der Waals surface area contributed by atoms with Crippen LogP contribution in [-0.4, -0.2) is 14.2 Å². The van der Waals surface area contributed by atoms with E-state index in [-0.39, 0.29) is 0 Å². The van der Waals surface area contributed by atoms with Crippen molar-refractivity contribution < 1.29 is 13.9 Å². The highest BCUT2D eigenvalue weighted by atomic mass is 79.9. The first-order valence-corrected chi connectivity index (χ1v) is 6.58. The van der Waals surface area contributed by atoms with Crippen LogP contribution in [0, 0.1) is 5.82 Å². The summed E-state index contributed by atoms with van der Waals surface area (Å²) >= 11 is 3.13. The van der Waals surface area contributed by atoms with Gasteiger partial charge in [0, 0.05) is 12.1 Å². The zero-order chi connectivity index (χ0) is 14.7. The number of hydrogen-bond acceptors (Lipinski definition) is 4. The molecule has 0 bridgehead atoms. The lowest BCUT2D eigenvalue weighted by Gasteiger charge is -2.14. The first-order valence-electron chi connectivity index (χ1n) is 5.78. The summed E-state index contributed by atoms with van der Waals surface area (Å²) in [7, 11) is 3.14. The van der Waals surface area contributed by atoms with E-state index in [4.69, 9.17) is 15.2 Å². The predicted molar refractivity (Wildman–Crippen MR) is 81.3 cm³/mol. The van der Waals surface area contributed by atoms with Gasteiger partial charge in [-0.3, -0.25) is 0 Å². The van der Waals surface area contributed by atoms with Gasteiger partial charge in [0.2, 0.25) is 0 Å². The van der Waals surface area contributed by atoms with Crippen LogP contribution < -0.4 is 20.5 Å². The minimum absolute atomic E-state index is 0.301.